The highest BCUT2D eigenvalue weighted by Crippen LogP contribution is 2.35. The number of piperidine rings is 2. The molecular weight excluding hydrogens is 418 g/mol. The smallest absolute Gasteiger partial charge is 0.176 e. The number of rotatable bonds is 4. The number of aromatic amines is 1. The molecule has 0 amide bonds. The normalized spacial score (nSPS) is 20.6. The van der Waals surface area contributed by atoms with Gasteiger partial charge in [-0.05, 0) is 102 Å². The van der Waals surface area contributed by atoms with E-state index in [-0.39, 0.29) is 0 Å². The first-order chi connectivity index (χ1) is 16.6. The molecule has 5 heteroatoms. The van der Waals surface area contributed by atoms with Gasteiger partial charge in [0.2, 0.25) is 0 Å². The lowest BCUT2D eigenvalue weighted by atomic mass is 9.87. The molecule has 34 heavy (non-hydrogen) atoms. The molecule has 0 spiro atoms. The van der Waals surface area contributed by atoms with Gasteiger partial charge in [0.15, 0.2) is 5.82 Å². The highest BCUT2D eigenvalue weighted by molar-refractivity contribution is 5.90. The number of nitrogens with one attached hydrogen (secondary N) is 1. The van der Waals surface area contributed by atoms with E-state index in [1.807, 2.05) is 6.20 Å². The summed E-state index contributed by atoms with van der Waals surface area (Å²) in [6.45, 7) is 11.9. The third-order valence-electron chi connectivity index (χ3n) is 8.56. The Morgan fingerprint density at radius 1 is 1.03 bits per heavy atom. The lowest BCUT2D eigenvalue weighted by molar-refractivity contribution is 0.0753. The summed E-state index contributed by atoms with van der Waals surface area (Å²) in [6.07, 6.45) is 12.3. The van der Waals surface area contributed by atoms with Crippen LogP contribution >= 0.6 is 0 Å². The van der Waals surface area contributed by atoms with Gasteiger partial charge in [0, 0.05) is 41.2 Å². The summed E-state index contributed by atoms with van der Waals surface area (Å²) >= 11 is 0. The van der Waals surface area contributed by atoms with Crippen molar-refractivity contribution in [3.63, 3.8) is 0 Å². The van der Waals surface area contributed by atoms with Gasteiger partial charge in [-0.1, -0.05) is 18.2 Å². The van der Waals surface area contributed by atoms with Gasteiger partial charge in [-0.15, -0.1) is 0 Å². The Balaban J connectivity index is 1.15. The second-order valence-corrected chi connectivity index (χ2v) is 10.8. The number of likely N-dealkylation sites (tertiary alicyclic amines) is 2. The molecule has 0 radical (unpaired) electrons. The zero-order chi connectivity index (χ0) is 23.2. The van der Waals surface area contributed by atoms with Gasteiger partial charge in [0.25, 0.3) is 0 Å². The summed E-state index contributed by atoms with van der Waals surface area (Å²) < 4.78 is 0. The van der Waals surface area contributed by atoms with E-state index in [1.165, 1.54) is 73.9 Å². The topological polar surface area (TPSA) is 48.1 Å². The van der Waals surface area contributed by atoms with Crippen LogP contribution in [0.5, 0.6) is 0 Å². The first kappa shape index (κ1) is 22.0. The zero-order valence-electron chi connectivity index (χ0n) is 20.8. The Hall–Kier alpha value is -2.50. The first-order valence-electron chi connectivity index (χ1n) is 13.2. The van der Waals surface area contributed by atoms with Crippen LogP contribution < -0.4 is 0 Å². The predicted octanol–water partition coefficient (Wildman–Crippen LogP) is 5.55. The Morgan fingerprint density at radius 3 is 2.59 bits per heavy atom. The molecule has 2 aliphatic heterocycles. The molecule has 0 bridgehead atoms. The van der Waals surface area contributed by atoms with Gasteiger partial charge in [-0.25, -0.2) is 9.97 Å². The quantitative estimate of drug-likeness (QED) is 0.560. The molecule has 2 fully saturated rings. The van der Waals surface area contributed by atoms with Crippen LogP contribution in [0, 0.1) is 6.92 Å². The Bertz CT molecular complexity index is 1210. The van der Waals surface area contributed by atoms with Crippen LogP contribution in [-0.4, -0.2) is 63.0 Å². The molecular formula is C29H37N5. The highest BCUT2D eigenvalue weighted by atomic mass is 15.2. The van der Waals surface area contributed by atoms with Crippen molar-refractivity contribution in [1.82, 2.24) is 24.8 Å². The maximum atomic E-state index is 4.85. The number of benzene rings is 1. The van der Waals surface area contributed by atoms with E-state index in [2.05, 4.69) is 70.9 Å². The molecule has 6 rings (SSSR count). The molecule has 4 heterocycles. The van der Waals surface area contributed by atoms with E-state index < -0.39 is 0 Å². The van der Waals surface area contributed by atoms with E-state index in [0.717, 1.165) is 35.2 Å². The third-order valence-corrected chi connectivity index (χ3v) is 8.56. The molecule has 2 aromatic heterocycles. The molecule has 0 unspecified atom stereocenters. The summed E-state index contributed by atoms with van der Waals surface area (Å²) in [5.74, 6) is 1.48. The average Bonchev–Trinajstić information content (AvgIpc) is 3.48. The lowest BCUT2D eigenvalue weighted by Gasteiger charge is -2.42. The summed E-state index contributed by atoms with van der Waals surface area (Å²) in [7, 11) is 0. The van der Waals surface area contributed by atoms with Crippen LogP contribution in [-0.2, 0) is 6.42 Å². The number of fused-ring (bicyclic) bond motifs is 2. The molecule has 3 aliphatic rings. The molecule has 0 saturated carbocycles. The lowest BCUT2D eigenvalue weighted by Crippen LogP contribution is -2.48. The summed E-state index contributed by atoms with van der Waals surface area (Å²) in [6, 6.07) is 8.52. The van der Waals surface area contributed by atoms with Crippen molar-refractivity contribution in [2.75, 3.05) is 26.2 Å². The van der Waals surface area contributed by atoms with Crippen LogP contribution in [0.15, 0.2) is 30.5 Å². The second kappa shape index (κ2) is 8.94. The van der Waals surface area contributed by atoms with Crippen LogP contribution in [0.25, 0.3) is 28.5 Å². The predicted molar refractivity (Wildman–Crippen MR) is 140 cm³/mol. The number of aryl methyl sites for hydroxylation is 1. The fourth-order valence-electron chi connectivity index (χ4n) is 6.33. The molecule has 3 aromatic rings. The SMILES string of the molecule is Cc1c(-c2ncc3c(n2)CC=C3)[nH]c2ccc(C3CCN(C4CCN(C(C)C)CC4)CC3)cc12. The first-order valence-corrected chi connectivity index (χ1v) is 13.2. The largest absolute Gasteiger partial charge is 0.352 e. The van der Waals surface area contributed by atoms with Crippen molar-refractivity contribution in [2.24, 2.45) is 0 Å². The summed E-state index contributed by atoms with van der Waals surface area (Å²) in [4.78, 5) is 18.5. The van der Waals surface area contributed by atoms with Crippen molar-refractivity contribution in [2.45, 2.75) is 70.9 Å². The van der Waals surface area contributed by atoms with Crippen LogP contribution in [0.3, 0.4) is 0 Å². The van der Waals surface area contributed by atoms with Gasteiger partial charge in [0.05, 0.1) is 11.4 Å². The minimum absolute atomic E-state index is 0.663. The van der Waals surface area contributed by atoms with Crippen LogP contribution in [0.2, 0.25) is 0 Å². The Morgan fingerprint density at radius 2 is 1.82 bits per heavy atom. The molecule has 1 aliphatic carbocycles. The van der Waals surface area contributed by atoms with Gasteiger partial charge >= 0.3 is 0 Å². The standard InChI is InChI=1S/C29H37N5/c1-19(2)33-15-11-24(12-16-33)34-13-9-21(10-14-34)22-7-8-27-25(17-22)20(3)28(31-27)29-30-18-23-5-4-6-26(23)32-29/h4-5,7-8,17-19,21,24,31H,6,9-16H2,1-3H3. The van der Waals surface area contributed by atoms with Gasteiger partial charge in [-0.2, -0.15) is 0 Å². The minimum atomic E-state index is 0.663. The van der Waals surface area contributed by atoms with Crippen molar-refractivity contribution in [3.8, 4) is 11.5 Å². The number of hydrogen-bond acceptors (Lipinski definition) is 4. The minimum Gasteiger partial charge on any atom is -0.352 e. The highest BCUT2D eigenvalue weighted by Gasteiger charge is 2.29. The number of aromatic nitrogens is 3. The Labute approximate surface area is 203 Å². The number of hydrogen-bond donors (Lipinski definition) is 1. The maximum Gasteiger partial charge on any atom is 0.176 e. The van der Waals surface area contributed by atoms with Gasteiger partial charge in [-0.3, -0.25) is 0 Å². The number of H-pyrrole nitrogens is 1. The fourth-order valence-corrected chi connectivity index (χ4v) is 6.33. The van der Waals surface area contributed by atoms with Crippen molar-refractivity contribution >= 4 is 17.0 Å². The average molecular weight is 456 g/mol. The van der Waals surface area contributed by atoms with Gasteiger partial charge < -0.3 is 14.8 Å². The molecule has 5 nitrogen and oxygen atoms in total. The van der Waals surface area contributed by atoms with E-state index >= 15 is 0 Å². The molecule has 1 aromatic carbocycles. The van der Waals surface area contributed by atoms with Crippen LogP contribution in [0.4, 0.5) is 0 Å². The van der Waals surface area contributed by atoms with E-state index in [0.29, 0.717) is 12.0 Å². The van der Waals surface area contributed by atoms with Gasteiger partial charge in [0.1, 0.15) is 0 Å². The summed E-state index contributed by atoms with van der Waals surface area (Å²) in [5.41, 5.74) is 7.28. The molecule has 1 N–H and O–H groups in total. The monoisotopic (exact) mass is 455 g/mol. The van der Waals surface area contributed by atoms with Crippen LogP contribution in [0.1, 0.15) is 67.8 Å². The zero-order valence-corrected chi connectivity index (χ0v) is 20.8. The molecule has 0 atom stereocenters. The molecule has 2 saturated heterocycles. The van der Waals surface area contributed by atoms with E-state index in [1.54, 1.807) is 0 Å². The van der Waals surface area contributed by atoms with E-state index in [4.69, 9.17) is 4.98 Å². The fraction of sp³-hybridized carbons (Fsp3) is 0.517. The Kier molecular flexibility index (Phi) is 5.78. The maximum absolute atomic E-state index is 4.85. The number of nitrogens with zero attached hydrogens (tertiary/aromatic N) is 4. The van der Waals surface area contributed by atoms with Crippen molar-refractivity contribution in [1.29, 1.82) is 0 Å². The molecule has 178 valence electrons. The summed E-state index contributed by atoms with van der Waals surface area (Å²) in [5, 5.41) is 1.32. The number of allylic oxidation sites excluding steroid dienone is 1. The third kappa shape index (κ3) is 3.99. The van der Waals surface area contributed by atoms with Crippen molar-refractivity contribution < 1.29 is 0 Å². The second-order valence-electron chi connectivity index (χ2n) is 10.8. The van der Waals surface area contributed by atoms with Crippen molar-refractivity contribution in [3.05, 3.63) is 52.9 Å². The van der Waals surface area contributed by atoms with E-state index in [9.17, 15) is 0 Å².